The van der Waals surface area contributed by atoms with Crippen molar-refractivity contribution in [2.24, 2.45) is 5.92 Å². The quantitative estimate of drug-likeness (QED) is 0.814. The minimum Gasteiger partial charge on any atom is -0.351 e. The first-order valence-corrected chi connectivity index (χ1v) is 10.0. The molecule has 0 aromatic carbocycles. The van der Waals surface area contributed by atoms with Crippen LogP contribution in [0.2, 0.25) is 0 Å². The number of amides is 4. The molecule has 2 unspecified atom stereocenters. The normalized spacial score (nSPS) is 28.4. The fourth-order valence-corrected chi connectivity index (χ4v) is 4.79. The van der Waals surface area contributed by atoms with Gasteiger partial charge in [0.05, 0.1) is 11.8 Å². The second-order valence-electron chi connectivity index (χ2n) is 7.07. The Balaban J connectivity index is 1.60. The van der Waals surface area contributed by atoms with Gasteiger partial charge < -0.3 is 10.2 Å². The molecule has 2 atom stereocenters. The van der Waals surface area contributed by atoms with Crippen LogP contribution < -0.4 is 5.32 Å². The summed E-state index contributed by atoms with van der Waals surface area (Å²) in [6, 6.07) is -0.372. The van der Waals surface area contributed by atoms with Gasteiger partial charge in [0, 0.05) is 32.0 Å². The third kappa shape index (κ3) is 3.99. The number of imide groups is 1. The molecular weight excluding hydrogens is 342 g/mol. The van der Waals surface area contributed by atoms with Crippen molar-refractivity contribution in [2.45, 2.75) is 57.5 Å². The van der Waals surface area contributed by atoms with Gasteiger partial charge in [-0.3, -0.25) is 24.1 Å². The van der Waals surface area contributed by atoms with E-state index < -0.39 is 0 Å². The minimum absolute atomic E-state index is 0.00755. The molecule has 4 amide bonds. The lowest BCUT2D eigenvalue weighted by atomic mass is 9.88. The Kier molecular flexibility index (Phi) is 5.66. The second-order valence-corrected chi connectivity index (χ2v) is 7.99. The van der Waals surface area contributed by atoms with Gasteiger partial charge in [0.25, 0.3) is 5.24 Å². The number of nitrogens with one attached hydrogen (secondary N) is 1. The van der Waals surface area contributed by atoms with Crippen molar-refractivity contribution < 1.29 is 19.2 Å². The summed E-state index contributed by atoms with van der Waals surface area (Å²) in [6.07, 6.45) is 4.85. The van der Waals surface area contributed by atoms with E-state index in [0.717, 1.165) is 37.4 Å². The highest BCUT2D eigenvalue weighted by Crippen LogP contribution is 2.30. The van der Waals surface area contributed by atoms with Crippen molar-refractivity contribution in [3.05, 3.63) is 0 Å². The maximum atomic E-state index is 12.7. The number of thioether (sulfide) groups is 1. The van der Waals surface area contributed by atoms with Crippen LogP contribution in [-0.2, 0) is 14.4 Å². The number of carbonyl (C=O) groups is 4. The molecule has 1 aliphatic carbocycles. The molecule has 25 heavy (non-hydrogen) atoms. The lowest BCUT2D eigenvalue weighted by molar-refractivity contribution is -0.134. The Morgan fingerprint density at radius 3 is 2.36 bits per heavy atom. The summed E-state index contributed by atoms with van der Waals surface area (Å²) in [5.74, 6) is 0.00882. The number of nitrogens with zero attached hydrogens (tertiary/aromatic N) is 2. The van der Waals surface area contributed by atoms with Gasteiger partial charge in [-0.25, -0.2) is 0 Å². The predicted molar refractivity (Wildman–Crippen MR) is 93.9 cm³/mol. The first kappa shape index (κ1) is 18.2. The molecule has 2 aliphatic heterocycles. The average molecular weight is 367 g/mol. The fourth-order valence-electron chi connectivity index (χ4n) is 4.03. The van der Waals surface area contributed by atoms with E-state index >= 15 is 0 Å². The van der Waals surface area contributed by atoms with Crippen LogP contribution in [0.25, 0.3) is 0 Å². The number of carbonyl (C=O) groups excluding carboxylic acids is 4. The molecule has 3 fully saturated rings. The molecule has 0 bridgehead atoms. The number of rotatable bonds is 3. The summed E-state index contributed by atoms with van der Waals surface area (Å²) in [7, 11) is 0. The summed E-state index contributed by atoms with van der Waals surface area (Å²) in [6.45, 7) is 2.78. The molecule has 0 aromatic heterocycles. The highest BCUT2D eigenvalue weighted by atomic mass is 32.2. The Labute approximate surface area is 151 Å². The van der Waals surface area contributed by atoms with E-state index in [1.165, 1.54) is 4.90 Å². The zero-order chi connectivity index (χ0) is 18.0. The third-order valence-electron chi connectivity index (χ3n) is 5.48. The summed E-state index contributed by atoms with van der Waals surface area (Å²) in [4.78, 5) is 51.3. The van der Waals surface area contributed by atoms with E-state index in [1.54, 1.807) is 11.8 Å². The van der Waals surface area contributed by atoms with E-state index in [1.807, 2.05) is 0 Å². The minimum atomic E-state index is -0.218. The van der Waals surface area contributed by atoms with Gasteiger partial charge >= 0.3 is 0 Å². The van der Waals surface area contributed by atoms with Crippen LogP contribution in [0.4, 0.5) is 4.79 Å². The molecule has 0 aromatic rings. The Hall–Kier alpha value is -1.57. The molecule has 3 aliphatic rings. The largest absolute Gasteiger partial charge is 0.351 e. The van der Waals surface area contributed by atoms with Crippen molar-refractivity contribution in [3.63, 3.8) is 0 Å². The predicted octanol–water partition coefficient (Wildman–Crippen LogP) is 1.37. The van der Waals surface area contributed by atoms with Crippen LogP contribution >= 0.6 is 11.8 Å². The van der Waals surface area contributed by atoms with Gasteiger partial charge in [0.2, 0.25) is 17.7 Å². The SMILES string of the molecule is CC(=O)N1CCC(C(=O)NC2CCCCC2N2C(=O)CSC2=O)CC1. The summed E-state index contributed by atoms with van der Waals surface area (Å²) < 4.78 is 0. The Bertz CT molecular complexity index is 558. The monoisotopic (exact) mass is 367 g/mol. The standard InChI is InChI=1S/C17H25N3O4S/c1-11(21)19-8-6-12(7-9-19)16(23)18-13-4-2-3-5-14(13)20-15(22)10-25-17(20)24/h12-14H,2-10H2,1H3,(H,18,23). The van der Waals surface area contributed by atoms with Crippen molar-refractivity contribution in [2.75, 3.05) is 18.8 Å². The number of hydrogen-bond acceptors (Lipinski definition) is 5. The average Bonchev–Trinajstić information content (AvgIpc) is 2.94. The topological polar surface area (TPSA) is 86.8 Å². The lowest BCUT2D eigenvalue weighted by Crippen LogP contribution is -2.56. The number of hydrogen-bond donors (Lipinski definition) is 1. The molecule has 0 radical (unpaired) electrons. The fraction of sp³-hybridized carbons (Fsp3) is 0.765. The van der Waals surface area contributed by atoms with E-state index in [9.17, 15) is 19.2 Å². The molecule has 138 valence electrons. The van der Waals surface area contributed by atoms with Crippen LogP contribution in [0.3, 0.4) is 0 Å². The smallest absolute Gasteiger partial charge is 0.289 e. The van der Waals surface area contributed by atoms with Crippen LogP contribution in [0.5, 0.6) is 0 Å². The van der Waals surface area contributed by atoms with Crippen LogP contribution in [-0.4, -0.2) is 63.7 Å². The van der Waals surface area contributed by atoms with Crippen LogP contribution in [0.1, 0.15) is 45.4 Å². The van der Waals surface area contributed by atoms with Gasteiger partial charge in [-0.1, -0.05) is 24.6 Å². The number of piperidine rings is 1. The maximum Gasteiger partial charge on any atom is 0.289 e. The van der Waals surface area contributed by atoms with Crippen LogP contribution in [0, 0.1) is 5.92 Å². The van der Waals surface area contributed by atoms with Crippen molar-refractivity contribution >= 4 is 34.7 Å². The molecule has 8 heteroatoms. The van der Waals surface area contributed by atoms with E-state index in [4.69, 9.17) is 0 Å². The number of likely N-dealkylation sites (tertiary alicyclic amines) is 1. The summed E-state index contributed by atoms with van der Waals surface area (Å²) in [5.41, 5.74) is 0. The van der Waals surface area contributed by atoms with Gasteiger partial charge in [-0.15, -0.1) is 0 Å². The first-order valence-electron chi connectivity index (χ1n) is 9.02. The molecular formula is C17H25N3O4S. The second kappa shape index (κ2) is 7.76. The molecule has 1 N–H and O–H groups in total. The third-order valence-corrected chi connectivity index (χ3v) is 6.32. The van der Waals surface area contributed by atoms with Crippen LogP contribution in [0.15, 0.2) is 0 Å². The van der Waals surface area contributed by atoms with Gasteiger partial charge in [0.1, 0.15) is 0 Å². The summed E-state index contributed by atoms with van der Waals surface area (Å²) in [5, 5.41) is 2.91. The van der Waals surface area contributed by atoms with Crippen molar-refractivity contribution in [1.29, 1.82) is 0 Å². The first-order chi connectivity index (χ1) is 12.0. The van der Waals surface area contributed by atoms with Crippen molar-refractivity contribution in [3.8, 4) is 0 Å². The van der Waals surface area contributed by atoms with Gasteiger partial charge in [0.15, 0.2) is 0 Å². The van der Waals surface area contributed by atoms with Gasteiger partial charge in [-0.2, -0.15) is 0 Å². The Morgan fingerprint density at radius 2 is 1.76 bits per heavy atom. The molecule has 0 spiro atoms. The van der Waals surface area contributed by atoms with E-state index in [-0.39, 0.29) is 46.7 Å². The Morgan fingerprint density at radius 1 is 1.08 bits per heavy atom. The zero-order valence-electron chi connectivity index (χ0n) is 14.5. The molecule has 2 saturated heterocycles. The van der Waals surface area contributed by atoms with E-state index in [0.29, 0.717) is 25.9 Å². The summed E-state index contributed by atoms with van der Waals surface area (Å²) >= 11 is 1.05. The highest BCUT2D eigenvalue weighted by Gasteiger charge is 2.41. The van der Waals surface area contributed by atoms with E-state index in [2.05, 4.69) is 5.32 Å². The molecule has 3 rings (SSSR count). The molecule has 1 saturated carbocycles. The van der Waals surface area contributed by atoms with Gasteiger partial charge in [-0.05, 0) is 25.7 Å². The lowest BCUT2D eigenvalue weighted by Gasteiger charge is -2.38. The zero-order valence-corrected chi connectivity index (χ0v) is 15.3. The molecule has 2 heterocycles. The van der Waals surface area contributed by atoms with Crippen molar-refractivity contribution in [1.82, 2.24) is 15.1 Å². The maximum absolute atomic E-state index is 12.7. The highest BCUT2D eigenvalue weighted by molar-refractivity contribution is 8.14. The molecule has 7 nitrogen and oxygen atoms in total.